The molecule has 7 heteroatoms. The van der Waals surface area contributed by atoms with Crippen molar-refractivity contribution in [1.29, 1.82) is 0 Å². The van der Waals surface area contributed by atoms with E-state index in [1.54, 1.807) is 17.4 Å². The third-order valence-electron chi connectivity index (χ3n) is 1.90. The molecule has 0 atom stereocenters. The molecule has 0 spiro atoms. The Kier molecular flexibility index (Phi) is 5.02. The van der Waals surface area contributed by atoms with E-state index in [1.165, 1.54) is 6.26 Å². The topological polar surface area (TPSA) is 54.3 Å². The molecule has 96 valence electrons. The number of rotatable bonds is 6. The first-order valence-electron chi connectivity index (χ1n) is 5.04. The average Bonchev–Trinajstić information content (AvgIpc) is 2.73. The smallest absolute Gasteiger partial charge is 0.405 e. The first-order valence-corrected chi connectivity index (χ1v) is 5.04. The lowest BCUT2D eigenvalue weighted by Crippen LogP contribution is -2.39. The normalized spacial score (nSPS) is 11.5. The monoisotopic (exact) mass is 250 g/mol. The number of alkyl halides is 3. The number of nitrogens with one attached hydrogen (secondary N) is 2. The summed E-state index contributed by atoms with van der Waals surface area (Å²) in [6.07, 6.45) is -2.26. The van der Waals surface area contributed by atoms with Gasteiger partial charge >= 0.3 is 6.18 Å². The highest BCUT2D eigenvalue weighted by Crippen LogP contribution is 2.11. The van der Waals surface area contributed by atoms with Gasteiger partial charge in [0.25, 0.3) is 0 Å². The molecule has 1 heterocycles. The van der Waals surface area contributed by atoms with Crippen LogP contribution in [0.4, 0.5) is 13.2 Å². The van der Waals surface area contributed by atoms with Gasteiger partial charge in [0.15, 0.2) is 0 Å². The largest absolute Gasteiger partial charge is 0.469 e. The van der Waals surface area contributed by atoms with Gasteiger partial charge < -0.3 is 15.1 Å². The highest BCUT2D eigenvalue weighted by molar-refractivity contribution is 5.77. The van der Waals surface area contributed by atoms with Gasteiger partial charge in [0.2, 0.25) is 5.91 Å². The first-order chi connectivity index (χ1) is 7.97. The van der Waals surface area contributed by atoms with Crippen LogP contribution >= 0.6 is 0 Å². The maximum Gasteiger partial charge on any atom is 0.405 e. The zero-order valence-electron chi connectivity index (χ0n) is 9.01. The summed E-state index contributed by atoms with van der Waals surface area (Å²) in [5.74, 6) is 0.0787. The Morgan fingerprint density at radius 3 is 2.76 bits per heavy atom. The van der Waals surface area contributed by atoms with E-state index in [0.717, 1.165) is 5.76 Å². The van der Waals surface area contributed by atoms with Gasteiger partial charge in [0.1, 0.15) is 12.3 Å². The molecule has 0 aromatic carbocycles. The third-order valence-corrected chi connectivity index (χ3v) is 1.90. The number of amides is 1. The minimum absolute atomic E-state index is 0.142. The standard InChI is InChI=1S/C10H13F3N2O2/c11-10(12,13)7-15-9(16)6-14-4-3-8-2-1-5-17-8/h1-2,5,14H,3-4,6-7H2,(H,15,16). The van der Waals surface area contributed by atoms with Gasteiger partial charge in [0, 0.05) is 13.0 Å². The van der Waals surface area contributed by atoms with Crippen molar-refractivity contribution < 1.29 is 22.4 Å². The van der Waals surface area contributed by atoms with Crippen molar-refractivity contribution >= 4 is 5.91 Å². The first kappa shape index (κ1) is 13.6. The van der Waals surface area contributed by atoms with Crippen molar-refractivity contribution in [3.63, 3.8) is 0 Å². The SMILES string of the molecule is O=C(CNCCc1ccco1)NCC(F)(F)F. The molecule has 4 nitrogen and oxygen atoms in total. The van der Waals surface area contributed by atoms with E-state index in [2.05, 4.69) is 5.32 Å². The summed E-state index contributed by atoms with van der Waals surface area (Å²) >= 11 is 0. The minimum atomic E-state index is -4.37. The Balaban J connectivity index is 2.04. The maximum absolute atomic E-state index is 11.7. The van der Waals surface area contributed by atoms with Gasteiger partial charge in [-0.25, -0.2) is 0 Å². The van der Waals surface area contributed by atoms with Crippen molar-refractivity contribution in [2.45, 2.75) is 12.6 Å². The van der Waals surface area contributed by atoms with E-state index < -0.39 is 18.6 Å². The van der Waals surface area contributed by atoms with E-state index in [0.29, 0.717) is 13.0 Å². The molecule has 0 radical (unpaired) electrons. The number of hydrogen-bond donors (Lipinski definition) is 2. The Hall–Kier alpha value is -1.50. The summed E-state index contributed by atoms with van der Waals surface area (Å²) in [4.78, 5) is 11.0. The molecule has 1 aromatic heterocycles. The number of carbonyl (C=O) groups excluding carboxylic acids is 1. The Bertz CT molecular complexity index is 336. The third kappa shape index (κ3) is 6.62. The van der Waals surface area contributed by atoms with Crippen molar-refractivity contribution in [1.82, 2.24) is 10.6 Å². The van der Waals surface area contributed by atoms with Gasteiger partial charge in [-0.3, -0.25) is 4.79 Å². The highest BCUT2D eigenvalue weighted by atomic mass is 19.4. The predicted molar refractivity (Wildman–Crippen MR) is 54.3 cm³/mol. The number of halogens is 3. The van der Waals surface area contributed by atoms with Crippen LogP contribution in [0.5, 0.6) is 0 Å². The summed E-state index contributed by atoms with van der Waals surface area (Å²) in [5, 5.41) is 4.49. The Morgan fingerprint density at radius 1 is 1.41 bits per heavy atom. The molecule has 2 N–H and O–H groups in total. The lowest BCUT2D eigenvalue weighted by molar-refractivity contribution is -0.137. The molecule has 1 aromatic rings. The lowest BCUT2D eigenvalue weighted by atomic mass is 10.3. The van der Waals surface area contributed by atoms with Crippen LogP contribution in [0.25, 0.3) is 0 Å². The van der Waals surface area contributed by atoms with E-state index in [9.17, 15) is 18.0 Å². The van der Waals surface area contributed by atoms with Crippen LogP contribution in [0.1, 0.15) is 5.76 Å². The predicted octanol–water partition coefficient (Wildman–Crippen LogP) is 1.09. The lowest BCUT2D eigenvalue weighted by Gasteiger charge is -2.08. The van der Waals surface area contributed by atoms with Crippen LogP contribution in [0.3, 0.4) is 0 Å². The van der Waals surface area contributed by atoms with E-state index in [4.69, 9.17) is 4.42 Å². The van der Waals surface area contributed by atoms with Crippen LogP contribution in [0.2, 0.25) is 0 Å². The van der Waals surface area contributed by atoms with Crippen molar-refractivity contribution in [2.75, 3.05) is 19.6 Å². The molecule has 0 saturated heterocycles. The van der Waals surface area contributed by atoms with Crippen LogP contribution in [-0.4, -0.2) is 31.7 Å². The second-order valence-corrected chi connectivity index (χ2v) is 3.40. The fourth-order valence-corrected chi connectivity index (χ4v) is 1.13. The summed E-state index contributed by atoms with van der Waals surface area (Å²) < 4.78 is 40.3. The van der Waals surface area contributed by atoms with Crippen molar-refractivity contribution in [3.8, 4) is 0 Å². The molecule has 0 bridgehead atoms. The molecule has 0 fully saturated rings. The van der Waals surface area contributed by atoms with E-state index in [1.807, 2.05) is 0 Å². The molecular formula is C10H13F3N2O2. The molecule has 0 aliphatic carbocycles. The zero-order valence-corrected chi connectivity index (χ0v) is 9.01. The molecule has 1 amide bonds. The number of carbonyl (C=O) groups is 1. The quantitative estimate of drug-likeness (QED) is 0.743. The van der Waals surface area contributed by atoms with Gasteiger partial charge in [-0.2, -0.15) is 13.2 Å². The van der Waals surface area contributed by atoms with Crippen LogP contribution in [0, 0.1) is 0 Å². The molecule has 0 unspecified atom stereocenters. The summed E-state index contributed by atoms with van der Waals surface area (Å²) in [6, 6.07) is 3.52. The molecule has 0 saturated carbocycles. The minimum Gasteiger partial charge on any atom is -0.469 e. The van der Waals surface area contributed by atoms with Crippen LogP contribution < -0.4 is 10.6 Å². The van der Waals surface area contributed by atoms with Gasteiger partial charge in [-0.1, -0.05) is 0 Å². The molecule has 1 rings (SSSR count). The Morgan fingerprint density at radius 2 is 2.18 bits per heavy atom. The van der Waals surface area contributed by atoms with Gasteiger partial charge in [-0.15, -0.1) is 0 Å². The van der Waals surface area contributed by atoms with Crippen molar-refractivity contribution in [3.05, 3.63) is 24.2 Å². The summed E-state index contributed by atoms with van der Waals surface area (Å²) in [7, 11) is 0. The summed E-state index contributed by atoms with van der Waals surface area (Å²) in [5.41, 5.74) is 0. The second kappa shape index (κ2) is 6.29. The van der Waals surface area contributed by atoms with Crippen LogP contribution in [0.15, 0.2) is 22.8 Å². The fraction of sp³-hybridized carbons (Fsp3) is 0.500. The van der Waals surface area contributed by atoms with Crippen molar-refractivity contribution in [2.24, 2.45) is 0 Å². The van der Waals surface area contributed by atoms with E-state index in [-0.39, 0.29) is 6.54 Å². The molecule has 17 heavy (non-hydrogen) atoms. The van der Waals surface area contributed by atoms with Crippen LogP contribution in [-0.2, 0) is 11.2 Å². The molecule has 0 aliphatic rings. The summed E-state index contributed by atoms with van der Waals surface area (Å²) in [6.45, 7) is -0.977. The molecular weight excluding hydrogens is 237 g/mol. The number of furan rings is 1. The fourth-order valence-electron chi connectivity index (χ4n) is 1.13. The van der Waals surface area contributed by atoms with E-state index >= 15 is 0 Å². The maximum atomic E-state index is 11.7. The number of hydrogen-bond acceptors (Lipinski definition) is 3. The highest BCUT2D eigenvalue weighted by Gasteiger charge is 2.27. The van der Waals surface area contributed by atoms with Gasteiger partial charge in [-0.05, 0) is 12.1 Å². The average molecular weight is 250 g/mol. The zero-order chi connectivity index (χ0) is 12.7. The second-order valence-electron chi connectivity index (χ2n) is 3.40. The Labute approximate surface area is 96.2 Å². The van der Waals surface area contributed by atoms with Gasteiger partial charge in [0.05, 0.1) is 12.8 Å². The molecule has 0 aliphatic heterocycles.